The molecule has 0 bridgehead atoms. The fraction of sp³-hybridized carbons (Fsp3) is 0.200. The third-order valence-corrected chi connectivity index (χ3v) is 4.51. The Balaban J connectivity index is 2.19. The van der Waals surface area contributed by atoms with Gasteiger partial charge in [-0.2, -0.15) is 0 Å². The van der Waals surface area contributed by atoms with Crippen molar-refractivity contribution < 1.29 is 8.42 Å². The molecule has 0 aliphatic carbocycles. The minimum Gasteiger partial charge on any atom is -0.280 e. The van der Waals surface area contributed by atoms with Gasteiger partial charge in [0.25, 0.3) is 10.0 Å². The highest BCUT2D eigenvalue weighted by atomic mass is 35.5. The minimum absolute atomic E-state index is 0.247. The molecular formula is C15H16ClNO2S. The Morgan fingerprint density at radius 1 is 1.00 bits per heavy atom. The molecule has 2 aromatic rings. The molecule has 0 radical (unpaired) electrons. The fourth-order valence-electron chi connectivity index (χ4n) is 1.78. The smallest absolute Gasteiger partial charge is 0.261 e. The molecule has 0 spiro atoms. The van der Waals surface area contributed by atoms with Crippen molar-refractivity contribution in [2.45, 2.75) is 18.2 Å². The van der Waals surface area contributed by atoms with E-state index >= 15 is 0 Å². The van der Waals surface area contributed by atoms with Gasteiger partial charge in [0.2, 0.25) is 0 Å². The largest absolute Gasteiger partial charge is 0.280 e. The SMILES string of the molecule is Cc1ccc(NS(=O)(=O)c2ccc(CCCl)cc2)cc1. The molecule has 0 heterocycles. The molecule has 0 fully saturated rings. The van der Waals surface area contributed by atoms with Crippen molar-refractivity contribution >= 4 is 27.3 Å². The van der Waals surface area contributed by atoms with Crippen LogP contribution in [0.15, 0.2) is 53.4 Å². The van der Waals surface area contributed by atoms with E-state index in [9.17, 15) is 8.42 Å². The first-order valence-corrected chi connectivity index (χ1v) is 8.27. The normalized spacial score (nSPS) is 11.3. The standard InChI is InChI=1S/C15H16ClNO2S/c1-12-2-6-14(7-3-12)17-20(18,19)15-8-4-13(5-9-15)10-11-16/h2-9,17H,10-11H2,1H3. The number of nitrogens with one attached hydrogen (secondary N) is 1. The number of sulfonamides is 1. The molecule has 106 valence electrons. The lowest BCUT2D eigenvalue weighted by atomic mass is 10.2. The van der Waals surface area contributed by atoms with E-state index in [4.69, 9.17) is 11.6 Å². The van der Waals surface area contributed by atoms with Crippen LogP contribution in [0.1, 0.15) is 11.1 Å². The van der Waals surface area contributed by atoms with E-state index in [2.05, 4.69) is 4.72 Å². The van der Waals surface area contributed by atoms with E-state index in [0.29, 0.717) is 11.6 Å². The first-order valence-electron chi connectivity index (χ1n) is 6.26. The summed E-state index contributed by atoms with van der Waals surface area (Å²) in [7, 11) is -3.54. The van der Waals surface area contributed by atoms with Crippen LogP contribution in [0.5, 0.6) is 0 Å². The fourth-order valence-corrected chi connectivity index (χ4v) is 3.06. The summed E-state index contributed by atoms with van der Waals surface area (Å²) in [5.74, 6) is 0.522. The number of hydrogen-bond acceptors (Lipinski definition) is 2. The van der Waals surface area contributed by atoms with E-state index in [1.165, 1.54) is 0 Å². The quantitative estimate of drug-likeness (QED) is 0.858. The summed E-state index contributed by atoms with van der Waals surface area (Å²) < 4.78 is 27.0. The number of aryl methyl sites for hydroxylation is 2. The van der Waals surface area contributed by atoms with Crippen LogP contribution < -0.4 is 4.72 Å². The molecule has 0 saturated carbocycles. The molecule has 0 atom stereocenters. The van der Waals surface area contributed by atoms with E-state index in [0.717, 1.165) is 17.5 Å². The summed E-state index contributed by atoms with van der Waals surface area (Å²) in [6.07, 6.45) is 0.729. The van der Waals surface area contributed by atoms with E-state index < -0.39 is 10.0 Å². The van der Waals surface area contributed by atoms with Gasteiger partial charge in [-0.05, 0) is 43.2 Å². The minimum atomic E-state index is -3.54. The first-order chi connectivity index (χ1) is 9.51. The second-order valence-corrected chi connectivity index (χ2v) is 6.61. The van der Waals surface area contributed by atoms with Crippen molar-refractivity contribution in [3.05, 3.63) is 59.7 Å². The van der Waals surface area contributed by atoms with Crippen LogP contribution >= 0.6 is 11.6 Å². The van der Waals surface area contributed by atoms with Crippen LogP contribution in [0, 0.1) is 6.92 Å². The van der Waals surface area contributed by atoms with Gasteiger partial charge in [0.1, 0.15) is 0 Å². The number of benzene rings is 2. The molecular weight excluding hydrogens is 294 g/mol. The molecule has 20 heavy (non-hydrogen) atoms. The maximum absolute atomic E-state index is 12.2. The zero-order valence-corrected chi connectivity index (χ0v) is 12.7. The Hall–Kier alpha value is -1.52. The van der Waals surface area contributed by atoms with Crippen LogP contribution in [0.3, 0.4) is 0 Å². The van der Waals surface area contributed by atoms with Crippen molar-refractivity contribution in [3.63, 3.8) is 0 Å². The summed E-state index contributed by atoms with van der Waals surface area (Å²) in [6, 6.07) is 14.0. The first kappa shape index (κ1) is 14.9. The van der Waals surface area contributed by atoms with Gasteiger partial charge in [0.15, 0.2) is 0 Å². The third kappa shape index (κ3) is 3.74. The van der Waals surface area contributed by atoms with Gasteiger partial charge < -0.3 is 0 Å². The van der Waals surface area contributed by atoms with E-state index in [-0.39, 0.29) is 4.90 Å². The zero-order valence-electron chi connectivity index (χ0n) is 11.1. The third-order valence-electron chi connectivity index (χ3n) is 2.92. The van der Waals surface area contributed by atoms with E-state index in [1.807, 2.05) is 19.1 Å². The van der Waals surface area contributed by atoms with Crippen LogP contribution in [0.4, 0.5) is 5.69 Å². The topological polar surface area (TPSA) is 46.2 Å². The van der Waals surface area contributed by atoms with Gasteiger partial charge >= 0.3 is 0 Å². The molecule has 2 aromatic carbocycles. The van der Waals surface area contributed by atoms with Gasteiger partial charge in [-0.3, -0.25) is 4.72 Å². The average molecular weight is 310 g/mol. The molecule has 2 rings (SSSR count). The van der Waals surface area contributed by atoms with Crippen molar-refractivity contribution in [1.29, 1.82) is 0 Å². The number of anilines is 1. The van der Waals surface area contributed by atoms with Gasteiger partial charge in [-0.25, -0.2) is 8.42 Å². The summed E-state index contributed by atoms with van der Waals surface area (Å²) >= 11 is 5.66. The summed E-state index contributed by atoms with van der Waals surface area (Å²) in [5, 5.41) is 0. The van der Waals surface area contributed by atoms with Gasteiger partial charge in [0.05, 0.1) is 4.90 Å². The van der Waals surface area contributed by atoms with Crippen molar-refractivity contribution in [2.75, 3.05) is 10.6 Å². The Kier molecular flexibility index (Phi) is 4.68. The van der Waals surface area contributed by atoms with Gasteiger partial charge in [-0.15, -0.1) is 11.6 Å². The van der Waals surface area contributed by atoms with Crippen molar-refractivity contribution in [3.8, 4) is 0 Å². The average Bonchev–Trinajstić information content (AvgIpc) is 2.42. The molecule has 0 saturated heterocycles. The van der Waals surface area contributed by atoms with Crippen LogP contribution in [-0.4, -0.2) is 14.3 Å². The summed E-state index contributed by atoms with van der Waals surface area (Å²) in [6.45, 7) is 1.95. The lowest BCUT2D eigenvalue weighted by molar-refractivity contribution is 0.601. The molecule has 0 unspecified atom stereocenters. The predicted molar refractivity (Wildman–Crippen MR) is 82.9 cm³/mol. The van der Waals surface area contributed by atoms with Gasteiger partial charge in [-0.1, -0.05) is 29.8 Å². The molecule has 0 amide bonds. The highest BCUT2D eigenvalue weighted by Gasteiger charge is 2.13. The highest BCUT2D eigenvalue weighted by Crippen LogP contribution is 2.17. The summed E-state index contributed by atoms with van der Waals surface area (Å²) in [4.78, 5) is 0.247. The molecule has 1 N–H and O–H groups in total. The maximum Gasteiger partial charge on any atom is 0.261 e. The second kappa shape index (κ2) is 6.29. The monoisotopic (exact) mass is 309 g/mol. The molecule has 5 heteroatoms. The Bertz CT molecular complexity index is 664. The Morgan fingerprint density at radius 3 is 2.15 bits per heavy atom. The van der Waals surface area contributed by atoms with Crippen LogP contribution in [-0.2, 0) is 16.4 Å². The maximum atomic E-state index is 12.2. The summed E-state index contributed by atoms with van der Waals surface area (Å²) in [5.41, 5.74) is 2.66. The highest BCUT2D eigenvalue weighted by molar-refractivity contribution is 7.92. The van der Waals surface area contributed by atoms with Gasteiger partial charge in [0, 0.05) is 11.6 Å². The van der Waals surface area contributed by atoms with Crippen molar-refractivity contribution in [1.82, 2.24) is 0 Å². The lowest BCUT2D eigenvalue weighted by Gasteiger charge is -2.09. The number of rotatable bonds is 5. The van der Waals surface area contributed by atoms with Crippen LogP contribution in [0.2, 0.25) is 0 Å². The zero-order chi connectivity index (χ0) is 14.6. The Morgan fingerprint density at radius 2 is 1.60 bits per heavy atom. The number of hydrogen-bond donors (Lipinski definition) is 1. The van der Waals surface area contributed by atoms with Crippen LogP contribution in [0.25, 0.3) is 0 Å². The molecule has 3 nitrogen and oxygen atoms in total. The molecule has 0 aromatic heterocycles. The Labute approximate surface area is 124 Å². The number of halogens is 1. The molecule has 0 aliphatic heterocycles. The predicted octanol–water partition coefficient (Wildman–Crippen LogP) is 3.58. The second-order valence-electron chi connectivity index (χ2n) is 4.55. The lowest BCUT2D eigenvalue weighted by Crippen LogP contribution is -2.12. The van der Waals surface area contributed by atoms with E-state index in [1.54, 1.807) is 36.4 Å². The number of alkyl halides is 1. The molecule has 0 aliphatic rings. The van der Waals surface area contributed by atoms with Crippen molar-refractivity contribution in [2.24, 2.45) is 0 Å².